The molecule has 0 bridgehead atoms. The monoisotopic (exact) mass is 341 g/mol. The maximum atomic E-state index is 12.5. The lowest BCUT2D eigenvalue weighted by atomic mass is 9.78. The van der Waals surface area contributed by atoms with Crippen LogP contribution in [0.1, 0.15) is 50.4 Å². The summed E-state index contributed by atoms with van der Waals surface area (Å²) in [6.07, 6.45) is 3.24. The number of carbonyl (C=O) groups is 1. The molecule has 1 saturated carbocycles. The van der Waals surface area contributed by atoms with Crippen LogP contribution in [0.2, 0.25) is 0 Å². The third-order valence-electron chi connectivity index (χ3n) is 4.75. The maximum Gasteiger partial charge on any atom is 0.387 e. The molecule has 24 heavy (non-hydrogen) atoms. The number of amides is 1. The molecule has 1 N–H and O–H groups in total. The van der Waals surface area contributed by atoms with Crippen molar-refractivity contribution >= 4 is 5.91 Å². The van der Waals surface area contributed by atoms with Crippen LogP contribution in [0.25, 0.3) is 0 Å². The summed E-state index contributed by atoms with van der Waals surface area (Å²) in [5.41, 5.74) is 0.380. The van der Waals surface area contributed by atoms with Gasteiger partial charge in [-0.15, -0.1) is 0 Å². The second-order valence-electron chi connectivity index (χ2n) is 6.32. The average Bonchev–Trinajstić information content (AvgIpc) is 2.53. The van der Waals surface area contributed by atoms with Crippen LogP contribution >= 0.6 is 0 Å². The van der Waals surface area contributed by atoms with Crippen LogP contribution in [0, 0.1) is 11.8 Å². The molecule has 0 spiro atoms. The summed E-state index contributed by atoms with van der Waals surface area (Å²) in [4.78, 5) is 12.5. The second kappa shape index (κ2) is 8.31. The molecular weight excluding hydrogens is 316 g/mol. The molecule has 4 nitrogen and oxygen atoms in total. The number of rotatable bonds is 6. The van der Waals surface area contributed by atoms with Crippen molar-refractivity contribution in [3.05, 3.63) is 23.8 Å². The molecule has 1 aliphatic carbocycles. The first kappa shape index (κ1) is 18.5. The quantitative estimate of drug-likeness (QED) is 0.842. The van der Waals surface area contributed by atoms with Crippen LogP contribution in [0.3, 0.4) is 0 Å². The van der Waals surface area contributed by atoms with Crippen molar-refractivity contribution in [2.45, 2.75) is 52.7 Å². The van der Waals surface area contributed by atoms with Gasteiger partial charge >= 0.3 is 6.61 Å². The molecule has 0 saturated heterocycles. The predicted octanol–water partition coefficient (Wildman–Crippen LogP) is 4.24. The van der Waals surface area contributed by atoms with Crippen LogP contribution in [-0.2, 0) is 0 Å². The van der Waals surface area contributed by atoms with E-state index in [-0.39, 0.29) is 23.4 Å². The molecule has 1 aliphatic rings. The third kappa shape index (κ3) is 4.58. The lowest BCUT2D eigenvalue weighted by Gasteiger charge is -2.34. The van der Waals surface area contributed by atoms with Gasteiger partial charge in [-0.1, -0.05) is 26.7 Å². The summed E-state index contributed by atoms with van der Waals surface area (Å²) in [6, 6.07) is 4.41. The fourth-order valence-corrected chi connectivity index (χ4v) is 3.15. The summed E-state index contributed by atoms with van der Waals surface area (Å²) in [7, 11) is 0. The molecule has 1 amide bonds. The number of ether oxygens (including phenoxy) is 2. The SMILES string of the molecule is CCOc1cc(C(=O)N[C@@H]2CCC[C@H](C)[C@@H]2C)ccc1OC(F)F. The molecule has 1 aromatic rings. The number of benzene rings is 1. The molecule has 0 aliphatic heterocycles. The smallest absolute Gasteiger partial charge is 0.387 e. The van der Waals surface area contributed by atoms with Crippen molar-refractivity contribution in [3.8, 4) is 11.5 Å². The Morgan fingerprint density at radius 3 is 2.71 bits per heavy atom. The normalized spacial score (nSPS) is 23.8. The summed E-state index contributed by atoms with van der Waals surface area (Å²) in [5, 5.41) is 3.06. The fraction of sp³-hybridized carbons (Fsp3) is 0.611. The van der Waals surface area contributed by atoms with Gasteiger partial charge in [0.15, 0.2) is 11.5 Å². The molecule has 3 atom stereocenters. The van der Waals surface area contributed by atoms with Crippen molar-refractivity contribution < 1.29 is 23.0 Å². The fourth-order valence-electron chi connectivity index (χ4n) is 3.15. The minimum atomic E-state index is -2.94. The first-order valence-corrected chi connectivity index (χ1v) is 8.44. The Balaban J connectivity index is 2.12. The van der Waals surface area contributed by atoms with E-state index in [0.29, 0.717) is 24.0 Å². The van der Waals surface area contributed by atoms with Gasteiger partial charge in [-0.05, 0) is 43.4 Å². The average molecular weight is 341 g/mol. The van der Waals surface area contributed by atoms with Crippen molar-refractivity contribution in [2.24, 2.45) is 11.8 Å². The molecular formula is C18H25F2NO3. The van der Waals surface area contributed by atoms with E-state index in [0.717, 1.165) is 12.8 Å². The highest BCUT2D eigenvalue weighted by Crippen LogP contribution is 2.31. The van der Waals surface area contributed by atoms with Gasteiger partial charge in [-0.3, -0.25) is 4.79 Å². The van der Waals surface area contributed by atoms with E-state index in [2.05, 4.69) is 23.9 Å². The second-order valence-corrected chi connectivity index (χ2v) is 6.32. The molecule has 134 valence electrons. The Bertz CT molecular complexity index is 565. The minimum absolute atomic E-state index is 0.0666. The number of hydrogen-bond donors (Lipinski definition) is 1. The lowest BCUT2D eigenvalue weighted by Crippen LogP contribution is -2.43. The van der Waals surface area contributed by atoms with Gasteiger partial charge in [0.25, 0.3) is 5.91 Å². The maximum absolute atomic E-state index is 12.5. The first-order valence-electron chi connectivity index (χ1n) is 8.44. The molecule has 0 aromatic heterocycles. The predicted molar refractivity (Wildman–Crippen MR) is 87.7 cm³/mol. The topological polar surface area (TPSA) is 47.6 Å². The van der Waals surface area contributed by atoms with Gasteiger partial charge < -0.3 is 14.8 Å². The third-order valence-corrected chi connectivity index (χ3v) is 4.75. The van der Waals surface area contributed by atoms with Crippen LogP contribution < -0.4 is 14.8 Å². The van der Waals surface area contributed by atoms with Gasteiger partial charge in [0, 0.05) is 11.6 Å². The van der Waals surface area contributed by atoms with Crippen molar-refractivity contribution in [1.29, 1.82) is 0 Å². The van der Waals surface area contributed by atoms with Gasteiger partial charge in [0.2, 0.25) is 0 Å². The lowest BCUT2D eigenvalue weighted by molar-refractivity contribution is -0.0514. The number of hydrogen-bond acceptors (Lipinski definition) is 3. The van der Waals surface area contributed by atoms with Crippen molar-refractivity contribution in [2.75, 3.05) is 6.61 Å². The van der Waals surface area contributed by atoms with Gasteiger partial charge in [0.1, 0.15) is 0 Å². The number of nitrogens with one attached hydrogen (secondary N) is 1. The zero-order chi connectivity index (χ0) is 17.7. The number of halogens is 2. The van der Waals surface area contributed by atoms with Gasteiger partial charge in [0.05, 0.1) is 6.61 Å². The zero-order valence-corrected chi connectivity index (χ0v) is 14.4. The van der Waals surface area contributed by atoms with Gasteiger partial charge in [-0.2, -0.15) is 8.78 Å². The Morgan fingerprint density at radius 1 is 1.29 bits per heavy atom. The Labute approximate surface area is 141 Å². The molecule has 1 fully saturated rings. The van der Waals surface area contributed by atoms with Crippen LogP contribution in [-0.4, -0.2) is 25.2 Å². The Morgan fingerprint density at radius 2 is 2.04 bits per heavy atom. The van der Waals surface area contributed by atoms with Gasteiger partial charge in [-0.25, -0.2) is 0 Å². The standard InChI is InChI=1S/C18H25F2NO3/c1-4-23-16-10-13(8-9-15(16)24-18(19)20)17(22)21-14-7-5-6-11(2)12(14)3/h8-12,14,18H,4-7H2,1-3H3,(H,21,22)/t11-,12-,14+/m0/s1. The summed E-state index contributed by atoms with van der Waals surface area (Å²) < 4.78 is 34.6. The van der Waals surface area contributed by atoms with Crippen LogP contribution in [0.4, 0.5) is 8.78 Å². The highest BCUT2D eigenvalue weighted by molar-refractivity contribution is 5.95. The van der Waals surface area contributed by atoms with Crippen LogP contribution in [0.15, 0.2) is 18.2 Å². The Hall–Kier alpha value is -1.85. The summed E-state index contributed by atoms with van der Waals surface area (Å²) in [5.74, 6) is 0.851. The molecule has 6 heteroatoms. The van der Waals surface area contributed by atoms with E-state index in [1.54, 1.807) is 6.92 Å². The van der Waals surface area contributed by atoms with E-state index < -0.39 is 6.61 Å². The molecule has 0 radical (unpaired) electrons. The zero-order valence-electron chi connectivity index (χ0n) is 14.4. The minimum Gasteiger partial charge on any atom is -0.490 e. The molecule has 1 aromatic carbocycles. The van der Waals surface area contributed by atoms with Crippen LogP contribution in [0.5, 0.6) is 11.5 Å². The van der Waals surface area contributed by atoms with E-state index >= 15 is 0 Å². The number of alkyl halides is 2. The largest absolute Gasteiger partial charge is 0.490 e. The first-order chi connectivity index (χ1) is 11.4. The molecule has 0 unspecified atom stereocenters. The molecule has 0 heterocycles. The molecule has 2 rings (SSSR count). The van der Waals surface area contributed by atoms with E-state index in [1.165, 1.54) is 24.6 Å². The van der Waals surface area contributed by atoms with Crippen molar-refractivity contribution in [3.63, 3.8) is 0 Å². The Kier molecular flexibility index (Phi) is 6.40. The van der Waals surface area contributed by atoms with E-state index in [4.69, 9.17) is 4.74 Å². The van der Waals surface area contributed by atoms with Crippen molar-refractivity contribution in [1.82, 2.24) is 5.32 Å². The highest BCUT2D eigenvalue weighted by atomic mass is 19.3. The summed E-state index contributed by atoms with van der Waals surface area (Å²) in [6.45, 7) is 3.45. The van der Waals surface area contributed by atoms with E-state index in [1.807, 2.05) is 0 Å². The number of carbonyl (C=O) groups excluding carboxylic acids is 1. The highest BCUT2D eigenvalue weighted by Gasteiger charge is 2.28. The summed E-state index contributed by atoms with van der Waals surface area (Å²) >= 11 is 0. The van der Waals surface area contributed by atoms with E-state index in [9.17, 15) is 13.6 Å².